The maximum absolute atomic E-state index is 11.9. The number of methoxy groups -OCH3 is 1. The monoisotopic (exact) mass is 305 g/mol. The molecule has 0 atom stereocenters. The molecule has 0 bridgehead atoms. The number of imidazole rings is 1. The molecule has 6 nitrogen and oxygen atoms in total. The molecule has 0 fully saturated rings. The predicted molar refractivity (Wildman–Crippen MR) is 79.4 cm³/mol. The van der Waals surface area contributed by atoms with Crippen LogP contribution < -0.4 is 10.1 Å². The van der Waals surface area contributed by atoms with Crippen LogP contribution in [0.3, 0.4) is 0 Å². The van der Waals surface area contributed by atoms with E-state index in [4.69, 9.17) is 4.74 Å². The van der Waals surface area contributed by atoms with Crippen molar-refractivity contribution in [3.8, 4) is 5.75 Å². The summed E-state index contributed by atoms with van der Waals surface area (Å²) in [5.41, 5.74) is 0.408. The van der Waals surface area contributed by atoms with Crippen molar-refractivity contribution in [2.75, 3.05) is 12.9 Å². The number of imide groups is 1. The van der Waals surface area contributed by atoms with Gasteiger partial charge in [0.2, 0.25) is 5.91 Å². The van der Waals surface area contributed by atoms with E-state index < -0.39 is 5.91 Å². The number of nitrogens with zero attached hydrogens (tertiary/aromatic N) is 2. The first-order valence-corrected chi connectivity index (χ1v) is 7.17. The van der Waals surface area contributed by atoms with Crippen molar-refractivity contribution in [2.24, 2.45) is 7.05 Å². The number of aryl methyl sites for hydroxylation is 1. The molecule has 2 amide bonds. The third kappa shape index (κ3) is 4.09. The summed E-state index contributed by atoms with van der Waals surface area (Å²) in [4.78, 5) is 27.7. The van der Waals surface area contributed by atoms with Crippen LogP contribution in [0.25, 0.3) is 0 Å². The number of hydrogen-bond acceptors (Lipinski definition) is 5. The van der Waals surface area contributed by atoms with Crippen LogP contribution in [0.15, 0.2) is 41.8 Å². The van der Waals surface area contributed by atoms with E-state index in [1.165, 1.54) is 11.8 Å². The average molecular weight is 305 g/mol. The lowest BCUT2D eigenvalue weighted by Gasteiger charge is -2.05. The first-order valence-electron chi connectivity index (χ1n) is 6.18. The maximum Gasteiger partial charge on any atom is 0.257 e. The van der Waals surface area contributed by atoms with Crippen LogP contribution in [0.4, 0.5) is 0 Å². The van der Waals surface area contributed by atoms with E-state index >= 15 is 0 Å². The van der Waals surface area contributed by atoms with Gasteiger partial charge in [0.05, 0.1) is 12.9 Å². The molecule has 0 aliphatic heterocycles. The van der Waals surface area contributed by atoms with Gasteiger partial charge in [0.15, 0.2) is 5.16 Å². The highest BCUT2D eigenvalue weighted by Crippen LogP contribution is 2.14. The lowest BCUT2D eigenvalue weighted by atomic mass is 10.2. The van der Waals surface area contributed by atoms with E-state index in [0.717, 1.165) is 5.16 Å². The van der Waals surface area contributed by atoms with Crippen molar-refractivity contribution in [3.63, 3.8) is 0 Å². The minimum absolute atomic E-state index is 0.132. The molecular weight excluding hydrogens is 290 g/mol. The molecule has 0 aliphatic rings. The van der Waals surface area contributed by atoms with Crippen LogP contribution in [0.2, 0.25) is 0 Å². The smallest absolute Gasteiger partial charge is 0.257 e. The number of carbonyl (C=O) groups is 2. The molecular formula is C14H15N3O3S. The van der Waals surface area contributed by atoms with Gasteiger partial charge in [0.1, 0.15) is 5.75 Å². The number of aromatic nitrogens is 2. The minimum Gasteiger partial charge on any atom is -0.497 e. The Kier molecular flexibility index (Phi) is 4.99. The van der Waals surface area contributed by atoms with Gasteiger partial charge in [-0.15, -0.1) is 0 Å². The quantitative estimate of drug-likeness (QED) is 0.847. The summed E-state index contributed by atoms with van der Waals surface area (Å²) >= 11 is 1.27. The van der Waals surface area contributed by atoms with E-state index in [9.17, 15) is 9.59 Å². The minimum atomic E-state index is -0.428. The Morgan fingerprint density at radius 1 is 1.33 bits per heavy atom. The van der Waals surface area contributed by atoms with Gasteiger partial charge >= 0.3 is 0 Å². The SMILES string of the molecule is COc1ccc(C(=O)NC(=O)CSc2nccn2C)cc1. The molecule has 2 aromatic rings. The van der Waals surface area contributed by atoms with E-state index in [2.05, 4.69) is 10.3 Å². The Bertz CT molecular complexity index is 637. The van der Waals surface area contributed by atoms with Gasteiger partial charge in [-0.05, 0) is 24.3 Å². The summed E-state index contributed by atoms with van der Waals surface area (Å²) in [5.74, 6) is 0.00218. The molecule has 2 rings (SSSR count). The van der Waals surface area contributed by atoms with Crippen LogP contribution >= 0.6 is 11.8 Å². The first-order chi connectivity index (χ1) is 10.1. The molecule has 0 saturated carbocycles. The first kappa shape index (κ1) is 15.1. The van der Waals surface area contributed by atoms with E-state index in [0.29, 0.717) is 11.3 Å². The zero-order valence-electron chi connectivity index (χ0n) is 11.7. The average Bonchev–Trinajstić information content (AvgIpc) is 2.90. The van der Waals surface area contributed by atoms with Crippen LogP contribution in [-0.2, 0) is 11.8 Å². The molecule has 0 spiro atoms. The van der Waals surface area contributed by atoms with Crippen molar-refractivity contribution in [3.05, 3.63) is 42.2 Å². The number of benzene rings is 1. The van der Waals surface area contributed by atoms with Gasteiger partial charge in [0.25, 0.3) is 5.91 Å². The highest BCUT2D eigenvalue weighted by atomic mass is 32.2. The standard InChI is InChI=1S/C14H15N3O3S/c1-17-8-7-15-14(17)21-9-12(18)16-13(19)10-3-5-11(20-2)6-4-10/h3-8H,9H2,1-2H3,(H,16,18,19). The van der Waals surface area contributed by atoms with Gasteiger partial charge in [-0.2, -0.15) is 0 Å². The highest BCUT2D eigenvalue weighted by Gasteiger charge is 2.11. The normalized spacial score (nSPS) is 10.2. The second-order valence-electron chi connectivity index (χ2n) is 4.22. The molecule has 0 radical (unpaired) electrons. The largest absolute Gasteiger partial charge is 0.497 e. The fraction of sp³-hybridized carbons (Fsp3) is 0.214. The lowest BCUT2D eigenvalue weighted by molar-refractivity contribution is -0.117. The molecule has 1 aromatic heterocycles. The Morgan fingerprint density at radius 2 is 2.05 bits per heavy atom. The highest BCUT2D eigenvalue weighted by molar-refractivity contribution is 7.99. The summed E-state index contributed by atoms with van der Waals surface area (Å²) < 4.78 is 6.82. The molecule has 0 unspecified atom stereocenters. The van der Waals surface area contributed by atoms with Crippen LogP contribution in [-0.4, -0.2) is 34.2 Å². The summed E-state index contributed by atoms with van der Waals surface area (Å²) in [6.45, 7) is 0. The molecule has 21 heavy (non-hydrogen) atoms. The molecule has 1 aromatic carbocycles. The molecule has 7 heteroatoms. The second-order valence-corrected chi connectivity index (χ2v) is 5.16. The fourth-order valence-electron chi connectivity index (χ4n) is 1.60. The van der Waals surface area contributed by atoms with Crippen molar-refractivity contribution >= 4 is 23.6 Å². The zero-order valence-corrected chi connectivity index (χ0v) is 12.5. The molecule has 1 N–H and O–H groups in total. The van der Waals surface area contributed by atoms with Crippen molar-refractivity contribution < 1.29 is 14.3 Å². The Balaban J connectivity index is 1.86. The lowest BCUT2D eigenvalue weighted by Crippen LogP contribution is -2.31. The Morgan fingerprint density at radius 3 is 2.62 bits per heavy atom. The van der Waals surface area contributed by atoms with E-state index in [1.807, 2.05) is 11.6 Å². The van der Waals surface area contributed by atoms with Crippen LogP contribution in [0, 0.1) is 0 Å². The summed E-state index contributed by atoms with van der Waals surface area (Å²) in [6, 6.07) is 6.55. The van der Waals surface area contributed by atoms with Crippen molar-refractivity contribution in [2.45, 2.75) is 5.16 Å². The van der Waals surface area contributed by atoms with Gasteiger partial charge in [-0.3, -0.25) is 14.9 Å². The number of ether oxygens (including phenoxy) is 1. The van der Waals surface area contributed by atoms with Gasteiger partial charge in [-0.25, -0.2) is 4.98 Å². The Labute approximate surface area is 126 Å². The molecule has 1 heterocycles. The number of nitrogens with one attached hydrogen (secondary N) is 1. The molecule has 110 valence electrons. The summed E-state index contributed by atoms with van der Waals surface area (Å²) in [6.07, 6.45) is 3.45. The number of amides is 2. The van der Waals surface area contributed by atoms with Crippen molar-refractivity contribution in [1.82, 2.24) is 14.9 Å². The van der Waals surface area contributed by atoms with Gasteiger partial charge < -0.3 is 9.30 Å². The fourth-order valence-corrected chi connectivity index (χ4v) is 2.33. The van der Waals surface area contributed by atoms with E-state index in [1.54, 1.807) is 43.8 Å². The second kappa shape index (κ2) is 6.94. The summed E-state index contributed by atoms with van der Waals surface area (Å²) in [5, 5.41) is 3.06. The maximum atomic E-state index is 11.9. The number of thioether (sulfide) groups is 1. The summed E-state index contributed by atoms with van der Waals surface area (Å²) in [7, 11) is 3.39. The van der Waals surface area contributed by atoms with Gasteiger partial charge in [-0.1, -0.05) is 11.8 Å². The molecule has 0 aliphatic carbocycles. The third-order valence-electron chi connectivity index (χ3n) is 2.71. The van der Waals surface area contributed by atoms with Crippen LogP contribution in [0.5, 0.6) is 5.75 Å². The van der Waals surface area contributed by atoms with Gasteiger partial charge in [0, 0.05) is 25.0 Å². The topological polar surface area (TPSA) is 73.2 Å². The van der Waals surface area contributed by atoms with E-state index in [-0.39, 0.29) is 11.7 Å². The number of carbonyl (C=O) groups excluding carboxylic acids is 2. The van der Waals surface area contributed by atoms with Crippen molar-refractivity contribution in [1.29, 1.82) is 0 Å². The predicted octanol–water partition coefficient (Wildman–Crippen LogP) is 1.48. The molecule has 0 saturated heterocycles. The Hall–Kier alpha value is -2.28. The number of hydrogen-bond donors (Lipinski definition) is 1. The van der Waals surface area contributed by atoms with Crippen LogP contribution in [0.1, 0.15) is 10.4 Å². The zero-order chi connectivity index (χ0) is 15.2. The third-order valence-corrected chi connectivity index (χ3v) is 3.77. The number of rotatable bonds is 5.